The molecule has 0 saturated heterocycles. The number of benzene rings is 1. The fourth-order valence-electron chi connectivity index (χ4n) is 3.22. The van der Waals surface area contributed by atoms with E-state index in [1.165, 1.54) is 32.1 Å². The van der Waals surface area contributed by atoms with Gasteiger partial charge in [-0.2, -0.15) is 0 Å². The molecular weight excluding hydrogens is 314 g/mol. The van der Waals surface area contributed by atoms with Gasteiger partial charge in [0.05, 0.1) is 5.69 Å². The molecule has 4 nitrogen and oxygen atoms in total. The van der Waals surface area contributed by atoms with E-state index in [1.54, 1.807) is 11.0 Å². The van der Waals surface area contributed by atoms with Gasteiger partial charge in [-0.1, -0.05) is 52.4 Å². The molecule has 0 bridgehead atoms. The SMILES string of the molecule is CCCCCCCCCN1C(=O)COc2ccc(C(=O)CCC)cc21. The third kappa shape index (κ3) is 5.58. The van der Waals surface area contributed by atoms with Crippen LogP contribution in [-0.2, 0) is 4.79 Å². The van der Waals surface area contributed by atoms with Crippen LogP contribution in [0.2, 0.25) is 0 Å². The monoisotopic (exact) mass is 345 g/mol. The number of unbranched alkanes of at least 4 members (excludes halogenated alkanes) is 6. The molecule has 0 saturated carbocycles. The number of fused-ring (bicyclic) bond motifs is 1. The first kappa shape index (κ1) is 19.5. The average Bonchev–Trinajstić information content (AvgIpc) is 2.62. The molecule has 0 aromatic heterocycles. The van der Waals surface area contributed by atoms with Gasteiger partial charge in [0.25, 0.3) is 5.91 Å². The van der Waals surface area contributed by atoms with Gasteiger partial charge >= 0.3 is 0 Å². The highest BCUT2D eigenvalue weighted by molar-refractivity contribution is 6.01. The summed E-state index contributed by atoms with van der Waals surface area (Å²) >= 11 is 0. The van der Waals surface area contributed by atoms with Gasteiger partial charge in [-0.25, -0.2) is 0 Å². The summed E-state index contributed by atoms with van der Waals surface area (Å²) in [5.74, 6) is 0.813. The van der Waals surface area contributed by atoms with Gasteiger partial charge in [-0.05, 0) is 31.0 Å². The number of Topliss-reactive ketones (excluding diaryl/α,β-unsaturated/α-hetero) is 1. The molecule has 138 valence electrons. The van der Waals surface area contributed by atoms with Crippen LogP contribution < -0.4 is 9.64 Å². The average molecular weight is 345 g/mol. The number of amides is 1. The number of nitrogens with zero attached hydrogens (tertiary/aromatic N) is 1. The predicted molar refractivity (Wildman–Crippen MR) is 102 cm³/mol. The number of ketones is 1. The van der Waals surface area contributed by atoms with Gasteiger partial charge in [0.15, 0.2) is 12.4 Å². The molecule has 0 unspecified atom stereocenters. The van der Waals surface area contributed by atoms with Gasteiger partial charge < -0.3 is 9.64 Å². The Labute approximate surface area is 151 Å². The summed E-state index contributed by atoms with van der Waals surface area (Å²) in [5, 5.41) is 0. The van der Waals surface area contributed by atoms with E-state index in [4.69, 9.17) is 4.74 Å². The minimum Gasteiger partial charge on any atom is -0.482 e. The van der Waals surface area contributed by atoms with E-state index >= 15 is 0 Å². The molecule has 1 amide bonds. The number of hydrogen-bond donors (Lipinski definition) is 0. The molecule has 1 aromatic rings. The van der Waals surface area contributed by atoms with E-state index in [0.717, 1.165) is 24.9 Å². The highest BCUT2D eigenvalue weighted by Crippen LogP contribution is 2.33. The number of carbonyl (C=O) groups is 2. The maximum Gasteiger partial charge on any atom is 0.265 e. The van der Waals surface area contributed by atoms with Crippen molar-refractivity contribution in [1.29, 1.82) is 0 Å². The van der Waals surface area contributed by atoms with Crippen LogP contribution in [0.4, 0.5) is 5.69 Å². The molecule has 2 rings (SSSR count). The number of hydrogen-bond acceptors (Lipinski definition) is 3. The molecule has 1 aliphatic rings. The first-order chi connectivity index (χ1) is 12.2. The minimum absolute atomic E-state index is 0.0152. The Morgan fingerprint density at radius 3 is 2.48 bits per heavy atom. The first-order valence-corrected chi connectivity index (χ1v) is 9.77. The van der Waals surface area contributed by atoms with Crippen LogP contribution in [0.3, 0.4) is 0 Å². The number of anilines is 1. The number of ether oxygens (including phenoxy) is 1. The fraction of sp³-hybridized carbons (Fsp3) is 0.619. The Kier molecular flexibility index (Phi) is 7.96. The molecule has 25 heavy (non-hydrogen) atoms. The lowest BCUT2D eigenvalue weighted by Crippen LogP contribution is -2.39. The Bertz CT molecular complexity index is 583. The highest BCUT2D eigenvalue weighted by Gasteiger charge is 2.26. The molecule has 0 radical (unpaired) electrons. The lowest BCUT2D eigenvalue weighted by atomic mass is 10.0. The predicted octanol–water partition coefficient (Wildman–Crippen LogP) is 5.15. The van der Waals surface area contributed by atoms with E-state index in [-0.39, 0.29) is 18.3 Å². The van der Waals surface area contributed by atoms with Crippen LogP contribution in [0.1, 0.15) is 82.0 Å². The van der Waals surface area contributed by atoms with Gasteiger partial charge in [-0.15, -0.1) is 0 Å². The summed E-state index contributed by atoms with van der Waals surface area (Å²) in [6, 6.07) is 5.45. The molecule has 0 N–H and O–H groups in total. The molecule has 4 heteroatoms. The van der Waals surface area contributed by atoms with E-state index < -0.39 is 0 Å². The molecule has 0 aliphatic carbocycles. The molecule has 0 spiro atoms. The van der Waals surface area contributed by atoms with Crippen LogP contribution in [0.25, 0.3) is 0 Å². The van der Waals surface area contributed by atoms with Crippen LogP contribution in [0, 0.1) is 0 Å². The standard InChI is InChI=1S/C21H31NO3/c1-3-5-6-7-8-9-10-14-22-18-15-17(19(23)11-4-2)12-13-20(18)25-16-21(22)24/h12-13,15H,3-11,14,16H2,1-2H3. The third-order valence-corrected chi connectivity index (χ3v) is 4.69. The Morgan fingerprint density at radius 1 is 1.04 bits per heavy atom. The lowest BCUT2D eigenvalue weighted by molar-refractivity contribution is -0.121. The Balaban J connectivity index is 1.96. The van der Waals surface area contributed by atoms with Crippen LogP contribution in [0.5, 0.6) is 5.75 Å². The Hall–Kier alpha value is -1.84. The second-order valence-corrected chi connectivity index (χ2v) is 6.81. The summed E-state index contributed by atoms with van der Waals surface area (Å²) in [6.45, 7) is 5.01. The maximum atomic E-state index is 12.3. The molecule has 0 atom stereocenters. The van der Waals surface area contributed by atoms with Crippen molar-refractivity contribution >= 4 is 17.4 Å². The van der Waals surface area contributed by atoms with Crippen molar-refractivity contribution < 1.29 is 14.3 Å². The van der Waals surface area contributed by atoms with Gasteiger partial charge in [0.2, 0.25) is 0 Å². The van der Waals surface area contributed by atoms with Crippen LogP contribution >= 0.6 is 0 Å². The maximum absolute atomic E-state index is 12.3. The zero-order valence-electron chi connectivity index (χ0n) is 15.7. The highest BCUT2D eigenvalue weighted by atomic mass is 16.5. The van der Waals surface area contributed by atoms with Crippen molar-refractivity contribution in [3.8, 4) is 5.75 Å². The Morgan fingerprint density at radius 2 is 1.76 bits per heavy atom. The fourth-order valence-corrected chi connectivity index (χ4v) is 3.22. The van der Waals surface area contributed by atoms with Gasteiger partial charge in [0.1, 0.15) is 5.75 Å². The number of carbonyl (C=O) groups excluding carboxylic acids is 2. The minimum atomic E-state index is -0.0152. The zero-order valence-corrected chi connectivity index (χ0v) is 15.7. The van der Waals surface area contributed by atoms with E-state index in [2.05, 4.69) is 6.92 Å². The summed E-state index contributed by atoms with van der Waals surface area (Å²) in [4.78, 5) is 26.2. The summed E-state index contributed by atoms with van der Waals surface area (Å²) in [7, 11) is 0. The van der Waals surface area contributed by atoms with Crippen molar-refractivity contribution in [1.82, 2.24) is 0 Å². The largest absolute Gasteiger partial charge is 0.482 e. The van der Waals surface area contributed by atoms with Gasteiger partial charge in [-0.3, -0.25) is 9.59 Å². The number of rotatable bonds is 11. The summed E-state index contributed by atoms with van der Waals surface area (Å²) in [5.41, 5.74) is 1.42. The van der Waals surface area contributed by atoms with E-state index in [9.17, 15) is 9.59 Å². The smallest absolute Gasteiger partial charge is 0.265 e. The van der Waals surface area contributed by atoms with Crippen molar-refractivity contribution in [2.75, 3.05) is 18.1 Å². The van der Waals surface area contributed by atoms with Crippen LogP contribution in [0.15, 0.2) is 18.2 Å². The first-order valence-electron chi connectivity index (χ1n) is 9.77. The zero-order chi connectivity index (χ0) is 18.1. The molecular formula is C21H31NO3. The second kappa shape index (κ2) is 10.2. The lowest BCUT2D eigenvalue weighted by Gasteiger charge is -2.29. The van der Waals surface area contributed by atoms with Crippen molar-refractivity contribution in [2.24, 2.45) is 0 Å². The quantitative estimate of drug-likeness (QED) is 0.412. The molecule has 1 aliphatic heterocycles. The van der Waals surface area contributed by atoms with Crippen molar-refractivity contribution in [3.05, 3.63) is 23.8 Å². The van der Waals surface area contributed by atoms with Crippen molar-refractivity contribution in [3.63, 3.8) is 0 Å². The van der Waals surface area contributed by atoms with E-state index in [0.29, 0.717) is 24.3 Å². The summed E-state index contributed by atoms with van der Waals surface area (Å²) in [6.07, 6.45) is 9.86. The van der Waals surface area contributed by atoms with Crippen LogP contribution in [-0.4, -0.2) is 24.8 Å². The van der Waals surface area contributed by atoms with Gasteiger partial charge in [0, 0.05) is 18.5 Å². The van der Waals surface area contributed by atoms with E-state index in [1.807, 2.05) is 19.1 Å². The molecule has 0 fully saturated rings. The third-order valence-electron chi connectivity index (χ3n) is 4.69. The molecule has 1 heterocycles. The molecule has 1 aromatic carbocycles. The summed E-state index contributed by atoms with van der Waals surface area (Å²) < 4.78 is 5.53. The topological polar surface area (TPSA) is 46.6 Å². The van der Waals surface area contributed by atoms with Crippen molar-refractivity contribution in [2.45, 2.75) is 71.6 Å². The normalized spacial score (nSPS) is 13.5. The second-order valence-electron chi connectivity index (χ2n) is 6.81.